The van der Waals surface area contributed by atoms with Gasteiger partial charge in [-0.05, 0) is 26.7 Å². The topological polar surface area (TPSA) is 70.5 Å². The summed E-state index contributed by atoms with van der Waals surface area (Å²) in [5.74, 6) is -1.32. The lowest BCUT2D eigenvalue weighted by molar-refractivity contribution is -0.147. The van der Waals surface area contributed by atoms with Crippen LogP contribution in [0.25, 0.3) is 10.6 Å². The minimum Gasteiger partial charge on any atom is -0.481 e. The molecule has 5 nitrogen and oxygen atoms in total. The number of likely N-dealkylation sites (tertiary alicyclic amines) is 1. The summed E-state index contributed by atoms with van der Waals surface area (Å²) < 4.78 is 0. The van der Waals surface area contributed by atoms with Gasteiger partial charge < -0.3 is 10.0 Å². The van der Waals surface area contributed by atoms with Crippen molar-refractivity contribution < 1.29 is 14.7 Å². The zero-order chi connectivity index (χ0) is 18.0. The second-order valence-corrected chi connectivity index (χ2v) is 7.55. The third-order valence-electron chi connectivity index (χ3n) is 4.73. The maximum absolute atomic E-state index is 12.6. The van der Waals surface area contributed by atoms with Gasteiger partial charge in [0.1, 0.15) is 5.01 Å². The molecule has 25 heavy (non-hydrogen) atoms. The molecule has 3 rings (SSSR count). The maximum Gasteiger partial charge on any atom is 0.308 e. The largest absolute Gasteiger partial charge is 0.481 e. The van der Waals surface area contributed by atoms with Crippen molar-refractivity contribution in [1.82, 2.24) is 9.88 Å². The molecule has 2 atom stereocenters. The van der Waals surface area contributed by atoms with Crippen LogP contribution in [-0.2, 0) is 16.0 Å². The molecule has 0 bridgehead atoms. The third-order valence-corrected chi connectivity index (χ3v) is 5.67. The molecular formula is C19H22N2O3S. The smallest absolute Gasteiger partial charge is 0.308 e. The fraction of sp³-hybridized carbons (Fsp3) is 0.421. The predicted molar refractivity (Wildman–Crippen MR) is 97.5 cm³/mol. The number of piperidine rings is 1. The van der Waals surface area contributed by atoms with E-state index in [1.807, 2.05) is 43.5 Å². The molecule has 1 aliphatic rings. The van der Waals surface area contributed by atoms with E-state index >= 15 is 0 Å². The van der Waals surface area contributed by atoms with Crippen LogP contribution in [-0.4, -0.2) is 39.5 Å². The fourth-order valence-corrected chi connectivity index (χ4v) is 3.96. The molecule has 1 fully saturated rings. The molecule has 2 unspecified atom stereocenters. The first-order valence-corrected chi connectivity index (χ1v) is 9.35. The molecule has 0 spiro atoms. The Balaban J connectivity index is 1.68. The van der Waals surface area contributed by atoms with Crippen LogP contribution in [0.4, 0.5) is 0 Å². The lowest BCUT2D eigenvalue weighted by Gasteiger charge is -2.36. The Kier molecular flexibility index (Phi) is 5.18. The first-order chi connectivity index (χ1) is 11.9. The van der Waals surface area contributed by atoms with Gasteiger partial charge in [-0.2, -0.15) is 0 Å². The quantitative estimate of drug-likeness (QED) is 0.910. The van der Waals surface area contributed by atoms with Gasteiger partial charge in [0, 0.05) is 23.5 Å². The zero-order valence-corrected chi connectivity index (χ0v) is 15.3. The molecule has 1 aliphatic heterocycles. The number of aryl methyl sites for hydroxylation is 1. The van der Waals surface area contributed by atoms with Gasteiger partial charge in [0.25, 0.3) is 0 Å². The first-order valence-electron chi connectivity index (χ1n) is 8.47. The summed E-state index contributed by atoms with van der Waals surface area (Å²) in [4.78, 5) is 30.1. The minimum atomic E-state index is -0.819. The number of rotatable bonds is 4. The van der Waals surface area contributed by atoms with Gasteiger partial charge in [-0.1, -0.05) is 29.8 Å². The van der Waals surface area contributed by atoms with Gasteiger partial charge >= 0.3 is 5.97 Å². The van der Waals surface area contributed by atoms with E-state index in [-0.39, 0.29) is 18.4 Å². The van der Waals surface area contributed by atoms with Crippen molar-refractivity contribution in [2.24, 2.45) is 5.92 Å². The van der Waals surface area contributed by atoms with E-state index < -0.39 is 11.9 Å². The SMILES string of the molecule is Cc1ccc(-c2nc(CC(=O)N3CC(C(=O)O)CCC3C)cs2)cc1. The van der Waals surface area contributed by atoms with E-state index in [1.54, 1.807) is 4.90 Å². The summed E-state index contributed by atoms with van der Waals surface area (Å²) in [6.07, 6.45) is 1.59. The average Bonchev–Trinajstić information content (AvgIpc) is 3.04. The number of benzene rings is 1. The van der Waals surface area contributed by atoms with Gasteiger partial charge in [-0.15, -0.1) is 11.3 Å². The second kappa shape index (κ2) is 7.35. The number of aliphatic carboxylic acids is 1. The van der Waals surface area contributed by atoms with Gasteiger partial charge in [0.15, 0.2) is 0 Å². The normalized spacial score (nSPS) is 20.5. The van der Waals surface area contributed by atoms with Crippen LogP contribution in [0.2, 0.25) is 0 Å². The lowest BCUT2D eigenvalue weighted by atomic mass is 9.93. The number of carbonyl (C=O) groups is 2. The Labute approximate surface area is 151 Å². The highest BCUT2D eigenvalue weighted by molar-refractivity contribution is 7.13. The number of amides is 1. The van der Waals surface area contributed by atoms with Gasteiger partial charge in [0.05, 0.1) is 18.0 Å². The van der Waals surface area contributed by atoms with Crippen LogP contribution >= 0.6 is 11.3 Å². The van der Waals surface area contributed by atoms with Gasteiger partial charge in [-0.3, -0.25) is 9.59 Å². The molecule has 2 aromatic rings. The Morgan fingerprint density at radius 1 is 1.28 bits per heavy atom. The van der Waals surface area contributed by atoms with Crippen LogP contribution in [0.1, 0.15) is 31.0 Å². The Morgan fingerprint density at radius 3 is 2.68 bits per heavy atom. The van der Waals surface area contributed by atoms with Crippen molar-refractivity contribution in [2.75, 3.05) is 6.54 Å². The molecule has 1 aromatic carbocycles. The summed E-state index contributed by atoms with van der Waals surface area (Å²) in [6.45, 7) is 4.32. The number of hydrogen-bond donors (Lipinski definition) is 1. The molecule has 6 heteroatoms. The van der Waals surface area contributed by atoms with E-state index in [2.05, 4.69) is 4.98 Å². The van der Waals surface area contributed by atoms with Crippen LogP contribution in [0.5, 0.6) is 0 Å². The molecule has 1 amide bonds. The molecule has 1 N–H and O–H groups in total. The molecule has 0 aliphatic carbocycles. The number of carboxylic acid groups (broad SMARTS) is 1. The monoisotopic (exact) mass is 358 g/mol. The van der Waals surface area contributed by atoms with E-state index in [0.29, 0.717) is 13.0 Å². The van der Waals surface area contributed by atoms with Crippen molar-refractivity contribution in [2.45, 2.75) is 39.2 Å². The van der Waals surface area contributed by atoms with Crippen LogP contribution in [0.3, 0.4) is 0 Å². The van der Waals surface area contributed by atoms with Crippen LogP contribution in [0.15, 0.2) is 29.6 Å². The summed E-state index contributed by atoms with van der Waals surface area (Å²) in [5.41, 5.74) is 2.99. The molecular weight excluding hydrogens is 336 g/mol. The number of nitrogens with zero attached hydrogens (tertiary/aromatic N) is 2. The summed E-state index contributed by atoms with van der Waals surface area (Å²) in [7, 11) is 0. The highest BCUT2D eigenvalue weighted by Gasteiger charge is 2.32. The van der Waals surface area contributed by atoms with E-state index in [1.165, 1.54) is 16.9 Å². The van der Waals surface area contributed by atoms with Crippen molar-refractivity contribution in [3.05, 3.63) is 40.9 Å². The van der Waals surface area contributed by atoms with Crippen molar-refractivity contribution in [3.63, 3.8) is 0 Å². The lowest BCUT2D eigenvalue weighted by Crippen LogP contribution is -2.47. The number of thiazole rings is 1. The third kappa shape index (κ3) is 4.07. The van der Waals surface area contributed by atoms with Crippen LogP contribution in [0, 0.1) is 12.8 Å². The number of aromatic nitrogens is 1. The predicted octanol–water partition coefficient (Wildman–Crippen LogP) is 3.37. The zero-order valence-electron chi connectivity index (χ0n) is 14.4. The van der Waals surface area contributed by atoms with E-state index in [0.717, 1.165) is 22.7 Å². The number of hydrogen-bond acceptors (Lipinski definition) is 4. The van der Waals surface area contributed by atoms with Crippen molar-refractivity contribution in [1.29, 1.82) is 0 Å². The molecule has 0 saturated carbocycles. The molecule has 0 radical (unpaired) electrons. The highest BCUT2D eigenvalue weighted by Crippen LogP contribution is 2.26. The molecule has 1 saturated heterocycles. The molecule has 132 valence electrons. The van der Waals surface area contributed by atoms with Gasteiger partial charge in [-0.25, -0.2) is 4.98 Å². The highest BCUT2D eigenvalue weighted by atomic mass is 32.1. The molecule has 1 aromatic heterocycles. The standard InChI is InChI=1S/C19H22N2O3S/c1-12-3-6-14(7-4-12)18-20-16(11-25-18)9-17(22)21-10-15(19(23)24)8-5-13(21)2/h3-4,6-7,11,13,15H,5,8-10H2,1-2H3,(H,23,24). The average molecular weight is 358 g/mol. The summed E-state index contributed by atoms with van der Waals surface area (Å²) >= 11 is 1.53. The minimum absolute atomic E-state index is 0.0424. The molecule has 2 heterocycles. The second-order valence-electron chi connectivity index (χ2n) is 6.69. The Bertz CT molecular complexity index is 769. The number of carboxylic acids is 1. The summed E-state index contributed by atoms with van der Waals surface area (Å²) in [5, 5.41) is 12.0. The van der Waals surface area contributed by atoms with Crippen LogP contribution < -0.4 is 0 Å². The Morgan fingerprint density at radius 2 is 2.00 bits per heavy atom. The number of carbonyl (C=O) groups excluding carboxylic acids is 1. The summed E-state index contributed by atoms with van der Waals surface area (Å²) in [6, 6.07) is 8.23. The maximum atomic E-state index is 12.6. The Hall–Kier alpha value is -2.21. The first kappa shape index (κ1) is 17.6. The van der Waals surface area contributed by atoms with E-state index in [4.69, 9.17) is 0 Å². The fourth-order valence-electron chi connectivity index (χ4n) is 3.13. The van der Waals surface area contributed by atoms with Gasteiger partial charge in [0.2, 0.25) is 5.91 Å². The van der Waals surface area contributed by atoms with E-state index in [9.17, 15) is 14.7 Å². The van der Waals surface area contributed by atoms with Crippen molar-refractivity contribution >= 4 is 23.2 Å². The van der Waals surface area contributed by atoms with Crippen molar-refractivity contribution in [3.8, 4) is 10.6 Å².